The summed E-state index contributed by atoms with van der Waals surface area (Å²) in [5.41, 5.74) is -0.203. The van der Waals surface area contributed by atoms with Crippen LogP contribution in [0.15, 0.2) is 12.4 Å². The van der Waals surface area contributed by atoms with E-state index in [0.29, 0.717) is 0 Å². The number of carbonyl (C=O) groups excluding carboxylic acids is 2. The van der Waals surface area contributed by atoms with Crippen LogP contribution in [-0.2, 0) is 20.9 Å². The minimum absolute atomic E-state index is 0.203. The fraction of sp³-hybridized carbons (Fsp3) is 0.500. The molecule has 19 heavy (non-hydrogen) atoms. The largest absolute Gasteiger partial charge is 0.464 e. The maximum atomic E-state index is 11.6. The summed E-state index contributed by atoms with van der Waals surface area (Å²) in [6.45, 7) is 3.17. The van der Waals surface area contributed by atoms with Gasteiger partial charge in [-0.2, -0.15) is 5.10 Å². The number of hydrogen-bond acceptors (Lipinski definition) is 6. The number of hydrogen-bond donors (Lipinski definition) is 1. The van der Waals surface area contributed by atoms with Crippen LogP contribution in [0.25, 0.3) is 0 Å². The Labute approximate surface area is 108 Å². The fourth-order valence-electron chi connectivity index (χ4n) is 1.29. The third-order valence-corrected chi connectivity index (χ3v) is 2.15. The maximum absolute atomic E-state index is 11.6. The summed E-state index contributed by atoms with van der Waals surface area (Å²) in [5.74, 6) is -1.03. The Bertz CT molecular complexity index is 484. The number of carbonyl (C=O) groups is 2. The number of amides is 1. The van der Waals surface area contributed by atoms with E-state index in [-0.39, 0.29) is 18.8 Å². The smallest absolute Gasteiger partial charge is 0.328 e. The van der Waals surface area contributed by atoms with E-state index in [1.165, 1.54) is 6.92 Å². The van der Waals surface area contributed by atoms with Crippen molar-refractivity contribution in [2.75, 3.05) is 6.61 Å². The molecule has 0 bridgehead atoms. The summed E-state index contributed by atoms with van der Waals surface area (Å²) < 4.78 is 5.84. The SMILES string of the molecule is CCOC(=O)C(C)NC(=O)Cn1cc([N+](=O)[O-])cn1. The number of esters is 1. The van der Waals surface area contributed by atoms with Crippen molar-refractivity contribution in [1.82, 2.24) is 15.1 Å². The molecule has 0 aliphatic rings. The van der Waals surface area contributed by atoms with E-state index in [1.807, 2.05) is 0 Å². The number of ether oxygens (including phenoxy) is 1. The van der Waals surface area contributed by atoms with Crippen LogP contribution in [-0.4, -0.2) is 39.2 Å². The molecule has 9 heteroatoms. The molecular formula is C10H14N4O5. The van der Waals surface area contributed by atoms with E-state index >= 15 is 0 Å². The van der Waals surface area contributed by atoms with Crippen molar-refractivity contribution in [2.45, 2.75) is 26.4 Å². The van der Waals surface area contributed by atoms with Gasteiger partial charge < -0.3 is 10.1 Å². The third-order valence-electron chi connectivity index (χ3n) is 2.15. The molecule has 1 amide bonds. The van der Waals surface area contributed by atoms with E-state index < -0.39 is 22.8 Å². The molecule has 0 aromatic carbocycles. The highest BCUT2D eigenvalue weighted by molar-refractivity contribution is 5.83. The Morgan fingerprint density at radius 3 is 2.84 bits per heavy atom. The number of nitrogens with one attached hydrogen (secondary N) is 1. The molecule has 1 N–H and O–H groups in total. The van der Waals surface area contributed by atoms with Crippen molar-refractivity contribution in [2.24, 2.45) is 0 Å². The van der Waals surface area contributed by atoms with Crippen molar-refractivity contribution in [3.8, 4) is 0 Å². The maximum Gasteiger partial charge on any atom is 0.328 e. The van der Waals surface area contributed by atoms with Gasteiger partial charge in [-0.05, 0) is 13.8 Å². The van der Waals surface area contributed by atoms with Crippen LogP contribution < -0.4 is 5.32 Å². The minimum atomic E-state index is -0.780. The van der Waals surface area contributed by atoms with Gasteiger partial charge in [-0.15, -0.1) is 0 Å². The van der Waals surface area contributed by atoms with Gasteiger partial charge in [-0.25, -0.2) is 4.79 Å². The highest BCUT2D eigenvalue weighted by Crippen LogP contribution is 2.07. The summed E-state index contributed by atoms with van der Waals surface area (Å²) in [4.78, 5) is 32.7. The lowest BCUT2D eigenvalue weighted by molar-refractivity contribution is -0.385. The highest BCUT2D eigenvalue weighted by Gasteiger charge is 2.17. The molecule has 1 atom stereocenters. The van der Waals surface area contributed by atoms with Crippen LogP contribution in [0, 0.1) is 10.1 Å². The number of rotatable bonds is 6. The Morgan fingerprint density at radius 1 is 1.63 bits per heavy atom. The summed E-state index contributed by atoms with van der Waals surface area (Å²) in [7, 11) is 0. The Hall–Kier alpha value is -2.45. The number of nitrogens with zero attached hydrogens (tertiary/aromatic N) is 3. The molecule has 9 nitrogen and oxygen atoms in total. The van der Waals surface area contributed by atoms with E-state index in [0.717, 1.165) is 17.1 Å². The second-order valence-electron chi connectivity index (χ2n) is 3.69. The molecular weight excluding hydrogens is 256 g/mol. The Morgan fingerprint density at radius 2 is 2.32 bits per heavy atom. The van der Waals surface area contributed by atoms with Crippen molar-refractivity contribution in [3.05, 3.63) is 22.5 Å². The van der Waals surface area contributed by atoms with Gasteiger partial charge in [0.05, 0.1) is 11.5 Å². The predicted octanol–water partition coefficient (Wildman–Crippen LogP) is -0.141. The molecule has 0 aliphatic carbocycles. The first-order valence-electron chi connectivity index (χ1n) is 5.57. The standard InChI is InChI=1S/C10H14N4O5/c1-3-19-10(16)7(2)12-9(15)6-13-5-8(4-11-13)14(17)18/h4-5,7H,3,6H2,1-2H3,(H,12,15). The van der Waals surface area contributed by atoms with Crippen LogP contribution in [0.4, 0.5) is 5.69 Å². The molecule has 1 aromatic rings. The van der Waals surface area contributed by atoms with E-state index in [4.69, 9.17) is 4.74 Å². The van der Waals surface area contributed by atoms with Gasteiger partial charge in [0.25, 0.3) is 0 Å². The van der Waals surface area contributed by atoms with Gasteiger partial charge >= 0.3 is 11.7 Å². The van der Waals surface area contributed by atoms with Crippen molar-refractivity contribution < 1.29 is 19.2 Å². The zero-order chi connectivity index (χ0) is 14.4. The van der Waals surface area contributed by atoms with Gasteiger partial charge in [-0.3, -0.25) is 19.6 Å². The fourth-order valence-corrected chi connectivity index (χ4v) is 1.29. The molecule has 0 spiro atoms. The quantitative estimate of drug-likeness (QED) is 0.437. The average Bonchev–Trinajstić information content (AvgIpc) is 2.77. The van der Waals surface area contributed by atoms with E-state index in [2.05, 4.69) is 10.4 Å². The van der Waals surface area contributed by atoms with Gasteiger partial charge in [0.1, 0.15) is 25.0 Å². The second-order valence-corrected chi connectivity index (χ2v) is 3.69. The van der Waals surface area contributed by atoms with Gasteiger partial charge in [0.2, 0.25) is 5.91 Å². The highest BCUT2D eigenvalue weighted by atomic mass is 16.6. The zero-order valence-electron chi connectivity index (χ0n) is 10.5. The molecule has 1 aromatic heterocycles. The van der Waals surface area contributed by atoms with Gasteiger partial charge in [-0.1, -0.05) is 0 Å². The first-order valence-corrected chi connectivity index (χ1v) is 5.57. The van der Waals surface area contributed by atoms with E-state index in [1.54, 1.807) is 6.92 Å². The molecule has 0 saturated carbocycles. The number of nitro groups is 1. The Balaban J connectivity index is 2.50. The van der Waals surface area contributed by atoms with Crippen molar-refractivity contribution in [1.29, 1.82) is 0 Å². The second kappa shape index (κ2) is 6.47. The first kappa shape index (κ1) is 14.6. The van der Waals surface area contributed by atoms with Crippen LogP contribution >= 0.6 is 0 Å². The van der Waals surface area contributed by atoms with Crippen molar-refractivity contribution in [3.63, 3.8) is 0 Å². The monoisotopic (exact) mass is 270 g/mol. The summed E-state index contributed by atoms with van der Waals surface area (Å²) in [5, 5.41) is 16.5. The summed E-state index contributed by atoms with van der Waals surface area (Å²) in [6.07, 6.45) is 2.18. The van der Waals surface area contributed by atoms with Crippen LogP contribution in [0.3, 0.4) is 0 Å². The van der Waals surface area contributed by atoms with Crippen molar-refractivity contribution >= 4 is 17.6 Å². The average molecular weight is 270 g/mol. The summed E-state index contributed by atoms with van der Waals surface area (Å²) in [6, 6.07) is -0.780. The lowest BCUT2D eigenvalue weighted by Gasteiger charge is -2.12. The normalized spacial score (nSPS) is 11.7. The molecule has 0 radical (unpaired) electrons. The molecule has 1 heterocycles. The first-order chi connectivity index (χ1) is 8.93. The number of aromatic nitrogens is 2. The molecule has 0 saturated heterocycles. The van der Waals surface area contributed by atoms with Crippen LogP contribution in [0.2, 0.25) is 0 Å². The molecule has 1 rings (SSSR count). The topological polar surface area (TPSA) is 116 Å². The van der Waals surface area contributed by atoms with Gasteiger partial charge in [0, 0.05) is 0 Å². The lowest BCUT2D eigenvalue weighted by Crippen LogP contribution is -2.41. The van der Waals surface area contributed by atoms with E-state index in [9.17, 15) is 19.7 Å². The summed E-state index contributed by atoms with van der Waals surface area (Å²) >= 11 is 0. The third kappa shape index (κ3) is 4.37. The van der Waals surface area contributed by atoms with Crippen LogP contribution in [0.1, 0.15) is 13.8 Å². The molecule has 1 unspecified atom stereocenters. The van der Waals surface area contributed by atoms with Gasteiger partial charge in [0.15, 0.2) is 0 Å². The lowest BCUT2D eigenvalue weighted by atomic mass is 10.3. The zero-order valence-corrected chi connectivity index (χ0v) is 10.5. The Kier molecular flexibility index (Phi) is 4.98. The molecule has 104 valence electrons. The minimum Gasteiger partial charge on any atom is -0.464 e. The molecule has 0 aliphatic heterocycles. The molecule has 0 fully saturated rings. The van der Waals surface area contributed by atoms with Crippen LogP contribution in [0.5, 0.6) is 0 Å². The predicted molar refractivity (Wildman–Crippen MR) is 63.1 cm³/mol.